The number of halogens is 2. The zero-order chi connectivity index (χ0) is 13.0. The molecule has 0 aliphatic rings. The Balaban J connectivity index is 2.00. The summed E-state index contributed by atoms with van der Waals surface area (Å²) in [6.07, 6.45) is 0. The Hall–Kier alpha value is -1.26. The molecule has 1 heterocycles. The molecule has 4 heteroatoms. The van der Waals surface area contributed by atoms with Crippen LogP contribution in [0, 0.1) is 5.82 Å². The van der Waals surface area contributed by atoms with Gasteiger partial charge in [0, 0.05) is 18.2 Å². The van der Waals surface area contributed by atoms with Crippen LogP contribution in [0.5, 0.6) is 0 Å². The lowest BCUT2D eigenvalue weighted by atomic mass is 10.1. The van der Waals surface area contributed by atoms with Gasteiger partial charge < -0.3 is 5.32 Å². The molecule has 2 nitrogen and oxygen atoms in total. The molecular formula is C14H14BrFN2. The highest BCUT2D eigenvalue weighted by Gasteiger charge is 2.09. The van der Waals surface area contributed by atoms with Gasteiger partial charge in [0.15, 0.2) is 0 Å². The third kappa shape index (κ3) is 3.37. The Bertz CT molecular complexity index is 531. The number of nitrogens with one attached hydrogen (secondary N) is 1. The summed E-state index contributed by atoms with van der Waals surface area (Å²) in [5.41, 5.74) is 1.60. The lowest BCUT2D eigenvalue weighted by molar-refractivity contribution is 0.524. The van der Waals surface area contributed by atoms with Crippen LogP contribution in [0.25, 0.3) is 0 Å². The molecule has 1 aromatic carbocycles. The average molecular weight is 309 g/mol. The van der Waals surface area contributed by atoms with Gasteiger partial charge in [-0.2, -0.15) is 0 Å². The number of nitrogens with zero attached hydrogens (tertiary/aromatic N) is 1. The van der Waals surface area contributed by atoms with E-state index in [0.717, 1.165) is 10.3 Å². The van der Waals surface area contributed by atoms with E-state index in [0.29, 0.717) is 12.1 Å². The quantitative estimate of drug-likeness (QED) is 0.868. The molecule has 0 fully saturated rings. The summed E-state index contributed by atoms with van der Waals surface area (Å²) in [6, 6.07) is 12.5. The van der Waals surface area contributed by atoms with Gasteiger partial charge in [0.1, 0.15) is 10.4 Å². The van der Waals surface area contributed by atoms with Gasteiger partial charge >= 0.3 is 0 Å². The summed E-state index contributed by atoms with van der Waals surface area (Å²) in [6.45, 7) is 2.55. The Morgan fingerprint density at radius 2 is 2.00 bits per heavy atom. The Labute approximate surface area is 114 Å². The van der Waals surface area contributed by atoms with Crippen molar-refractivity contribution in [2.24, 2.45) is 0 Å². The topological polar surface area (TPSA) is 24.9 Å². The second-order valence-corrected chi connectivity index (χ2v) is 4.89. The van der Waals surface area contributed by atoms with E-state index in [2.05, 4.69) is 26.2 Å². The highest BCUT2D eigenvalue weighted by Crippen LogP contribution is 2.16. The maximum absolute atomic E-state index is 13.6. The number of hydrogen-bond acceptors (Lipinski definition) is 2. The molecule has 0 amide bonds. The molecule has 1 N–H and O–H groups in total. The Kier molecular flexibility index (Phi) is 4.44. The van der Waals surface area contributed by atoms with Crippen molar-refractivity contribution in [3.05, 3.63) is 64.1 Å². The molecule has 2 rings (SSSR count). The van der Waals surface area contributed by atoms with Gasteiger partial charge in [0.25, 0.3) is 0 Å². The van der Waals surface area contributed by atoms with E-state index in [9.17, 15) is 4.39 Å². The summed E-state index contributed by atoms with van der Waals surface area (Å²) >= 11 is 3.33. The number of hydrogen-bond donors (Lipinski definition) is 1. The number of pyridine rings is 1. The lowest BCUT2D eigenvalue weighted by Gasteiger charge is -2.14. The minimum Gasteiger partial charge on any atom is -0.304 e. The van der Waals surface area contributed by atoms with Gasteiger partial charge in [-0.05, 0) is 41.1 Å². The third-order valence-electron chi connectivity index (χ3n) is 2.73. The number of benzene rings is 1. The fourth-order valence-corrected chi connectivity index (χ4v) is 2.12. The molecule has 0 saturated carbocycles. The maximum atomic E-state index is 13.6. The fraction of sp³-hybridized carbons (Fsp3) is 0.214. The second kappa shape index (κ2) is 6.07. The van der Waals surface area contributed by atoms with Crippen molar-refractivity contribution >= 4 is 15.9 Å². The van der Waals surface area contributed by atoms with E-state index in [1.54, 1.807) is 12.1 Å². The fourth-order valence-electron chi connectivity index (χ4n) is 1.74. The summed E-state index contributed by atoms with van der Waals surface area (Å²) in [5.74, 6) is -0.181. The maximum Gasteiger partial charge on any atom is 0.127 e. The van der Waals surface area contributed by atoms with Crippen molar-refractivity contribution in [2.75, 3.05) is 0 Å². The normalized spacial score (nSPS) is 12.4. The van der Waals surface area contributed by atoms with Crippen LogP contribution < -0.4 is 5.32 Å². The first-order valence-electron chi connectivity index (χ1n) is 5.76. The predicted octanol–water partition coefficient (Wildman–Crippen LogP) is 3.83. The van der Waals surface area contributed by atoms with Crippen LogP contribution >= 0.6 is 15.9 Å². The number of rotatable bonds is 4. The third-order valence-corrected chi connectivity index (χ3v) is 3.18. The average Bonchev–Trinajstić information content (AvgIpc) is 2.37. The van der Waals surface area contributed by atoms with Gasteiger partial charge in [0.05, 0.1) is 5.69 Å². The first-order valence-corrected chi connectivity index (χ1v) is 6.55. The van der Waals surface area contributed by atoms with Crippen molar-refractivity contribution in [1.29, 1.82) is 0 Å². The van der Waals surface area contributed by atoms with Crippen molar-refractivity contribution in [3.63, 3.8) is 0 Å². The van der Waals surface area contributed by atoms with Crippen molar-refractivity contribution < 1.29 is 4.39 Å². The van der Waals surface area contributed by atoms with E-state index in [1.165, 1.54) is 6.07 Å². The van der Waals surface area contributed by atoms with E-state index in [4.69, 9.17) is 0 Å². The highest BCUT2D eigenvalue weighted by molar-refractivity contribution is 9.10. The molecule has 1 atom stereocenters. The van der Waals surface area contributed by atoms with Crippen molar-refractivity contribution in [1.82, 2.24) is 10.3 Å². The number of aromatic nitrogens is 1. The standard InChI is InChI=1S/C14H14BrFN2/c1-10(12-6-2-3-7-13(12)16)17-9-11-5-4-8-14(15)18-11/h2-8,10,17H,9H2,1H3. The van der Waals surface area contributed by atoms with Crippen LogP contribution in [0.2, 0.25) is 0 Å². The van der Waals surface area contributed by atoms with Crippen LogP contribution in [-0.2, 0) is 6.54 Å². The summed E-state index contributed by atoms with van der Waals surface area (Å²) in [4.78, 5) is 4.32. The highest BCUT2D eigenvalue weighted by atomic mass is 79.9. The van der Waals surface area contributed by atoms with Gasteiger partial charge in [-0.15, -0.1) is 0 Å². The molecule has 0 spiro atoms. The van der Waals surface area contributed by atoms with E-state index in [-0.39, 0.29) is 11.9 Å². The van der Waals surface area contributed by atoms with Gasteiger partial charge in [-0.3, -0.25) is 0 Å². The molecule has 1 unspecified atom stereocenters. The molecule has 1 aromatic heterocycles. The predicted molar refractivity (Wildman–Crippen MR) is 73.6 cm³/mol. The van der Waals surface area contributed by atoms with Crippen LogP contribution in [0.4, 0.5) is 4.39 Å². The summed E-state index contributed by atoms with van der Waals surface area (Å²) in [7, 11) is 0. The van der Waals surface area contributed by atoms with Crippen LogP contribution in [-0.4, -0.2) is 4.98 Å². The Morgan fingerprint density at radius 1 is 1.22 bits per heavy atom. The van der Waals surface area contributed by atoms with Gasteiger partial charge in [0.2, 0.25) is 0 Å². The molecule has 0 saturated heterocycles. The Morgan fingerprint density at radius 3 is 2.72 bits per heavy atom. The van der Waals surface area contributed by atoms with E-state index < -0.39 is 0 Å². The molecule has 0 aliphatic heterocycles. The van der Waals surface area contributed by atoms with Crippen LogP contribution in [0.3, 0.4) is 0 Å². The zero-order valence-electron chi connectivity index (χ0n) is 10.0. The molecule has 2 aromatic rings. The summed E-state index contributed by atoms with van der Waals surface area (Å²) < 4.78 is 14.4. The minimum atomic E-state index is -0.181. The summed E-state index contributed by atoms with van der Waals surface area (Å²) in [5, 5.41) is 3.26. The molecule has 0 aliphatic carbocycles. The first-order chi connectivity index (χ1) is 8.66. The smallest absolute Gasteiger partial charge is 0.127 e. The second-order valence-electron chi connectivity index (χ2n) is 4.08. The molecular weight excluding hydrogens is 295 g/mol. The van der Waals surface area contributed by atoms with Crippen LogP contribution in [0.15, 0.2) is 47.1 Å². The van der Waals surface area contributed by atoms with Crippen molar-refractivity contribution in [2.45, 2.75) is 19.5 Å². The SMILES string of the molecule is CC(NCc1cccc(Br)n1)c1ccccc1F. The van der Waals surface area contributed by atoms with Crippen LogP contribution in [0.1, 0.15) is 24.2 Å². The molecule has 0 bridgehead atoms. The van der Waals surface area contributed by atoms with Crippen molar-refractivity contribution in [3.8, 4) is 0 Å². The minimum absolute atomic E-state index is 0.0491. The molecule has 0 radical (unpaired) electrons. The largest absolute Gasteiger partial charge is 0.304 e. The molecule has 94 valence electrons. The van der Waals surface area contributed by atoms with Gasteiger partial charge in [-0.25, -0.2) is 9.37 Å². The monoisotopic (exact) mass is 308 g/mol. The lowest BCUT2D eigenvalue weighted by Crippen LogP contribution is -2.19. The zero-order valence-corrected chi connectivity index (χ0v) is 11.6. The van der Waals surface area contributed by atoms with Gasteiger partial charge in [-0.1, -0.05) is 24.3 Å². The molecule has 18 heavy (non-hydrogen) atoms. The van der Waals surface area contributed by atoms with E-state index >= 15 is 0 Å². The van der Waals surface area contributed by atoms with E-state index in [1.807, 2.05) is 31.2 Å². The first kappa shape index (κ1) is 13.2.